The summed E-state index contributed by atoms with van der Waals surface area (Å²) in [6, 6.07) is 6.16. The molecule has 0 aliphatic carbocycles. The van der Waals surface area contributed by atoms with E-state index in [1.807, 2.05) is 0 Å². The Labute approximate surface area is 175 Å². The smallest absolute Gasteiger partial charge is 0.414 e. The van der Waals surface area contributed by atoms with Gasteiger partial charge >= 0.3 is 24.1 Å². The van der Waals surface area contributed by atoms with Crippen LogP contribution in [0.4, 0.5) is 21.0 Å². The third-order valence-corrected chi connectivity index (χ3v) is 3.61. The summed E-state index contributed by atoms with van der Waals surface area (Å²) in [4.78, 5) is 50.8. The molecule has 1 aromatic carbocycles. The maximum atomic E-state index is 12.4. The van der Waals surface area contributed by atoms with Crippen LogP contribution in [0.1, 0.15) is 27.7 Å². The van der Waals surface area contributed by atoms with Crippen molar-refractivity contribution in [2.45, 2.75) is 27.7 Å². The van der Waals surface area contributed by atoms with Gasteiger partial charge in [0.15, 0.2) is 0 Å². The Kier molecular flexibility index (Phi) is 10.7. The first kappa shape index (κ1) is 24.7. The molecule has 0 fully saturated rings. The highest BCUT2D eigenvalue weighted by atomic mass is 16.6. The predicted octanol–water partition coefficient (Wildman–Crippen LogP) is 2.74. The Bertz CT molecular complexity index is 680. The Morgan fingerprint density at radius 1 is 0.667 bits per heavy atom. The minimum absolute atomic E-state index is 0.107. The van der Waals surface area contributed by atoms with E-state index in [2.05, 4.69) is 0 Å². The van der Waals surface area contributed by atoms with Crippen molar-refractivity contribution in [1.29, 1.82) is 0 Å². The van der Waals surface area contributed by atoms with Crippen molar-refractivity contribution >= 4 is 35.5 Å². The van der Waals surface area contributed by atoms with Crippen LogP contribution in [0.5, 0.6) is 0 Å². The maximum Gasteiger partial charge on any atom is 0.414 e. The van der Waals surface area contributed by atoms with Crippen LogP contribution in [0.3, 0.4) is 0 Å². The van der Waals surface area contributed by atoms with E-state index in [9.17, 15) is 19.2 Å². The van der Waals surface area contributed by atoms with E-state index in [1.54, 1.807) is 45.9 Å². The highest BCUT2D eigenvalue weighted by molar-refractivity contribution is 5.97. The number of amides is 2. The van der Waals surface area contributed by atoms with Crippen molar-refractivity contribution in [2.75, 3.05) is 49.3 Å². The van der Waals surface area contributed by atoms with Crippen LogP contribution < -0.4 is 9.80 Å². The summed E-state index contributed by atoms with van der Waals surface area (Å²) in [7, 11) is 0. The highest BCUT2D eigenvalue weighted by Gasteiger charge is 2.25. The first-order chi connectivity index (χ1) is 14.4. The third kappa shape index (κ3) is 7.61. The number of hydrogen-bond donors (Lipinski definition) is 0. The monoisotopic (exact) mass is 424 g/mol. The molecule has 10 heteroatoms. The largest absolute Gasteiger partial charge is 0.465 e. The summed E-state index contributed by atoms with van der Waals surface area (Å²) in [5.41, 5.74) is 0.550. The van der Waals surface area contributed by atoms with Gasteiger partial charge in [-0.3, -0.25) is 19.4 Å². The van der Waals surface area contributed by atoms with Crippen molar-refractivity contribution < 1.29 is 38.1 Å². The van der Waals surface area contributed by atoms with Crippen LogP contribution in [0.15, 0.2) is 24.3 Å². The number of ether oxygens (including phenoxy) is 4. The van der Waals surface area contributed by atoms with Crippen molar-refractivity contribution in [1.82, 2.24) is 0 Å². The lowest BCUT2D eigenvalue weighted by molar-refractivity contribution is -0.142. The van der Waals surface area contributed by atoms with Gasteiger partial charge in [-0.2, -0.15) is 0 Å². The first-order valence-electron chi connectivity index (χ1n) is 9.67. The summed E-state index contributed by atoms with van der Waals surface area (Å²) in [5, 5.41) is 0. The van der Waals surface area contributed by atoms with Gasteiger partial charge in [0, 0.05) is 11.4 Å². The van der Waals surface area contributed by atoms with E-state index in [0.29, 0.717) is 0 Å². The summed E-state index contributed by atoms with van der Waals surface area (Å²) in [5.74, 6) is -1.24. The van der Waals surface area contributed by atoms with Crippen LogP contribution in [-0.2, 0) is 28.5 Å². The molecule has 0 saturated heterocycles. The molecule has 2 amide bonds. The number of esters is 2. The number of carbonyl (C=O) groups is 4. The number of anilines is 2. The van der Waals surface area contributed by atoms with Gasteiger partial charge < -0.3 is 18.9 Å². The Balaban J connectivity index is 3.26. The summed E-state index contributed by atoms with van der Waals surface area (Å²) in [6.45, 7) is 6.35. The van der Waals surface area contributed by atoms with Crippen molar-refractivity contribution in [3.8, 4) is 0 Å². The normalized spacial score (nSPS) is 10.0. The fraction of sp³-hybridized carbons (Fsp3) is 0.500. The standard InChI is InChI=1S/C20H28N2O8/c1-5-27-17(23)13-21(19(25)29-7-3)15-10-9-11-16(12-15)22(20(26)30-8-4)14-18(24)28-6-2/h9-12H,5-8,13-14H2,1-4H3. The van der Waals surface area contributed by atoms with Crippen LogP contribution in [0, 0.1) is 0 Å². The van der Waals surface area contributed by atoms with Crippen LogP contribution >= 0.6 is 0 Å². The second-order valence-electron chi connectivity index (χ2n) is 5.70. The zero-order valence-corrected chi connectivity index (χ0v) is 17.7. The fourth-order valence-corrected chi connectivity index (χ4v) is 2.43. The van der Waals surface area contributed by atoms with Gasteiger partial charge in [0.2, 0.25) is 0 Å². The molecule has 0 N–H and O–H groups in total. The molecule has 1 aromatic rings. The number of nitrogens with zero attached hydrogens (tertiary/aromatic N) is 2. The second kappa shape index (κ2) is 13.0. The average molecular weight is 424 g/mol. The van der Waals surface area contributed by atoms with Gasteiger partial charge in [0.05, 0.1) is 26.4 Å². The SMILES string of the molecule is CCOC(=O)CN(C(=O)OCC)c1cccc(N(CC(=O)OCC)C(=O)OCC)c1. The predicted molar refractivity (Wildman–Crippen MR) is 108 cm³/mol. The summed E-state index contributed by atoms with van der Waals surface area (Å²) in [6.07, 6.45) is -1.51. The van der Waals surface area contributed by atoms with Gasteiger partial charge in [-0.15, -0.1) is 0 Å². The highest BCUT2D eigenvalue weighted by Crippen LogP contribution is 2.24. The maximum absolute atomic E-state index is 12.4. The van der Waals surface area contributed by atoms with Gasteiger partial charge in [-0.1, -0.05) is 6.07 Å². The number of hydrogen-bond acceptors (Lipinski definition) is 8. The molecule has 166 valence electrons. The minimum atomic E-state index is -0.754. The molecule has 30 heavy (non-hydrogen) atoms. The zero-order valence-electron chi connectivity index (χ0n) is 17.7. The Morgan fingerprint density at radius 2 is 1.03 bits per heavy atom. The van der Waals surface area contributed by atoms with Crippen molar-refractivity contribution in [3.63, 3.8) is 0 Å². The molecule has 0 aliphatic heterocycles. The lowest BCUT2D eigenvalue weighted by Gasteiger charge is -2.24. The van der Waals surface area contributed by atoms with Gasteiger partial charge in [-0.25, -0.2) is 9.59 Å². The molecule has 0 bridgehead atoms. The number of rotatable bonds is 10. The Morgan fingerprint density at radius 3 is 1.37 bits per heavy atom. The second-order valence-corrected chi connectivity index (χ2v) is 5.70. The van der Waals surface area contributed by atoms with Crippen LogP contribution in [-0.4, -0.2) is 63.6 Å². The van der Waals surface area contributed by atoms with E-state index >= 15 is 0 Å². The van der Waals surface area contributed by atoms with Crippen molar-refractivity contribution in [2.24, 2.45) is 0 Å². The first-order valence-corrected chi connectivity index (χ1v) is 9.67. The van der Waals surface area contributed by atoms with Gasteiger partial charge in [0.25, 0.3) is 0 Å². The molecule has 1 rings (SSSR count). The van der Waals surface area contributed by atoms with E-state index in [4.69, 9.17) is 18.9 Å². The molecule has 0 aromatic heterocycles. The summed E-state index contributed by atoms with van der Waals surface area (Å²) < 4.78 is 19.9. The van der Waals surface area contributed by atoms with E-state index in [-0.39, 0.29) is 50.9 Å². The molecule has 0 radical (unpaired) electrons. The van der Waals surface area contributed by atoms with E-state index < -0.39 is 24.1 Å². The quantitative estimate of drug-likeness (QED) is 0.416. The van der Waals surface area contributed by atoms with Gasteiger partial charge in [0.1, 0.15) is 13.1 Å². The minimum Gasteiger partial charge on any atom is -0.465 e. The van der Waals surface area contributed by atoms with E-state index in [1.165, 1.54) is 6.07 Å². The van der Waals surface area contributed by atoms with Crippen LogP contribution in [0.25, 0.3) is 0 Å². The zero-order chi connectivity index (χ0) is 22.5. The molecule has 0 saturated carbocycles. The average Bonchev–Trinajstić information content (AvgIpc) is 2.71. The van der Waals surface area contributed by atoms with E-state index in [0.717, 1.165) is 9.80 Å². The summed E-state index contributed by atoms with van der Waals surface area (Å²) >= 11 is 0. The number of carbonyl (C=O) groups excluding carboxylic acids is 4. The Hall–Kier alpha value is -3.30. The lowest BCUT2D eigenvalue weighted by Crippen LogP contribution is -2.38. The molecular weight excluding hydrogens is 396 g/mol. The van der Waals surface area contributed by atoms with Gasteiger partial charge in [-0.05, 0) is 45.9 Å². The topological polar surface area (TPSA) is 112 Å². The molecule has 0 heterocycles. The molecule has 0 unspecified atom stereocenters. The molecular formula is C20H28N2O8. The molecule has 0 atom stereocenters. The molecule has 0 spiro atoms. The fourth-order valence-electron chi connectivity index (χ4n) is 2.43. The number of benzene rings is 1. The van der Waals surface area contributed by atoms with Crippen LogP contribution in [0.2, 0.25) is 0 Å². The van der Waals surface area contributed by atoms with Crippen molar-refractivity contribution in [3.05, 3.63) is 24.3 Å². The third-order valence-electron chi connectivity index (χ3n) is 3.61. The molecule has 0 aliphatic rings. The molecule has 10 nitrogen and oxygen atoms in total. The lowest BCUT2D eigenvalue weighted by atomic mass is 10.2.